The summed E-state index contributed by atoms with van der Waals surface area (Å²) in [6.07, 6.45) is -2.56. The van der Waals surface area contributed by atoms with Gasteiger partial charge in [-0.1, -0.05) is 32.0 Å². The fourth-order valence-corrected chi connectivity index (χ4v) is 6.78. The number of carbonyl (C=O) groups excluding carboxylic acids is 1. The summed E-state index contributed by atoms with van der Waals surface area (Å²) < 4.78 is 54.4. The maximum Gasteiger partial charge on any atom is 0.459 e. The summed E-state index contributed by atoms with van der Waals surface area (Å²) in [5.74, 6) is -0.649. The van der Waals surface area contributed by atoms with Crippen molar-refractivity contribution in [2.24, 2.45) is 5.92 Å². The molecule has 1 unspecified atom stereocenters. The maximum absolute atomic E-state index is 16.4. The number of carbonyl (C=O) groups is 1. The molecule has 4 N–H and O–H groups in total. The van der Waals surface area contributed by atoms with Gasteiger partial charge in [-0.3, -0.25) is 9.32 Å². The zero-order chi connectivity index (χ0) is 28.2. The fraction of sp³-hybridized carbons (Fsp3) is 0.480. The van der Waals surface area contributed by atoms with Gasteiger partial charge in [-0.05, 0) is 44.0 Å². The number of halogens is 1. The molecule has 5 rings (SSSR count). The Bertz CT molecular complexity index is 1420. The molecule has 210 valence electrons. The van der Waals surface area contributed by atoms with Crippen LogP contribution in [-0.2, 0) is 23.4 Å². The van der Waals surface area contributed by atoms with Crippen molar-refractivity contribution in [2.75, 3.05) is 12.3 Å². The molecule has 12 nitrogen and oxygen atoms in total. The topological polar surface area (TPSA) is 160 Å². The van der Waals surface area contributed by atoms with E-state index in [1.165, 1.54) is 17.8 Å². The van der Waals surface area contributed by atoms with Crippen molar-refractivity contribution in [3.8, 4) is 5.75 Å². The van der Waals surface area contributed by atoms with E-state index in [2.05, 4.69) is 15.2 Å². The van der Waals surface area contributed by atoms with Crippen LogP contribution in [0.5, 0.6) is 5.75 Å². The molecular weight excluding hydrogens is 532 g/mol. The van der Waals surface area contributed by atoms with E-state index in [9.17, 15) is 14.5 Å². The molecular formula is C25H31FN5O7P. The van der Waals surface area contributed by atoms with Gasteiger partial charge in [0.05, 0.1) is 12.3 Å². The molecule has 39 heavy (non-hydrogen) atoms. The number of nitrogens with two attached hydrogens (primary N) is 1. The summed E-state index contributed by atoms with van der Waals surface area (Å²) in [6.45, 7) is 6.39. The molecule has 2 aromatic heterocycles. The van der Waals surface area contributed by atoms with E-state index in [1.807, 2.05) is 0 Å². The van der Waals surface area contributed by atoms with Gasteiger partial charge in [0.1, 0.15) is 41.9 Å². The molecule has 2 aliphatic rings. The molecule has 1 aromatic carbocycles. The molecule has 0 bridgehead atoms. The number of fused-ring (bicyclic) bond motifs is 2. The predicted octanol–water partition coefficient (Wildman–Crippen LogP) is 2.97. The quantitative estimate of drug-likeness (QED) is 0.246. The van der Waals surface area contributed by atoms with Crippen LogP contribution in [0.1, 0.15) is 39.5 Å². The van der Waals surface area contributed by atoms with Crippen molar-refractivity contribution in [2.45, 2.75) is 63.3 Å². The largest absolute Gasteiger partial charge is 0.465 e. The Morgan fingerprint density at radius 2 is 2.03 bits per heavy atom. The summed E-state index contributed by atoms with van der Waals surface area (Å²) in [6, 6.07) is 10.3. The molecule has 14 heteroatoms. The lowest BCUT2D eigenvalue weighted by molar-refractivity contribution is -0.146. The number of benzene rings is 1. The molecule has 0 spiro atoms. The van der Waals surface area contributed by atoms with Crippen LogP contribution in [0, 0.1) is 5.92 Å². The normalized spacial score (nSPS) is 30.1. The summed E-state index contributed by atoms with van der Waals surface area (Å²) in [5.41, 5.74) is 2.09. The Morgan fingerprint density at radius 3 is 2.64 bits per heavy atom. The SMILES string of the molecule is CCOC(=O)[C@@H](NP(=O)(Oc1ccccc1)O[C@H]1[C@H]2O[C@@H](c3ccc4c(N)ncnn34)[C@](C)(F)[C@]21O)C(C)C. The zero-order valence-corrected chi connectivity index (χ0v) is 22.7. The van der Waals surface area contributed by atoms with E-state index >= 15 is 4.39 Å². The molecule has 1 saturated carbocycles. The molecule has 3 heterocycles. The monoisotopic (exact) mass is 563 g/mol. The number of para-hydroxylation sites is 1. The first-order chi connectivity index (χ1) is 18.4. The van der Waals surface area contributed by atoms with Gasteiger partial charge in [0.15, 0.2) is 17.1 Å². The van der Waals surface area contributed by atoms with Crippen LogP contribution in [0.25, 0.3) is 5.52 Å². The van der Waals surface area contributed by atoms with Gasteiger partial charge in [0.2, 0.25) is 0 Å². The smallest absolute Gasteiger partial charge is 0.459 e. The Labute approximate surface area is 224 Å². The number of esters is 1. The minimum absolute atomic E-state index is 0.110. The maximum atomic E-state index is 16.4. The average Bonchev–Trinajstić information content (AvgIpc) is 3.14. The standard InChI is InChI=1S/C25H31FN5O7P/c1-5-35-23(32)18(14(2)3)30-39(34,37-15-9-7-6-8-10-15)38-21-20-25(21,33)24(4,26)19(36-20)16-11-12-17-22(27)28-13-29-31(16)17/h6-14,18-21,33H,5H2,1-4H3,(H,30,34)(H2,27,28,29)/t18-,19-,20+,21-,24-,25-,39?/m0/s1. The first-order valence-corrected chi connectivity index (χ1v) is 14.1. The van der Waals surface area contributed by atoms with Gasteiger partial charge in [-0.2, -0.15) is 10.2 Å². The number of nitrogen functional groups attached to an aromatic ring is 1. The van der Waals surface area contributed by atoms with Crippen LogP contribution in [-0.4, -0.2) is 61.8 Å². The van der Waals surface area contributed by atoms with Crippen molar-refractivity contribution in [3.05, 3.63) is 54.5 Å². The van der Waals surface area contributed by atoms with Crippen LogP contribution in [0.4, 0.5) is 10.2 Å². The summed E-state index contributed by atoms with van der Waals surface area (Å²) in [5, 5.41) is 18.2. The number of hydrogen-bond acceptors (Lipinski definition) is 10. The number of nitrogens with zero attached hydrogens (tertiary/aromatic N) is 3. The van der Waals surface area contributed by atoms with Gasteiger partial charge >= 0.3 is 13.7 Å². The van der Waals surface area contributed by atoms with E-state index in [0.717, 1.165) is 0 Å². The van der Waals surface area contributed by atoms with Crippen LogP contribution in [0.15, 0.2) is 48.8 Å². The van der Waals surface area contributed by atoms with Gasteiger partial charge in [-0.25, -0.2) is 18.5 Å². The Morgan fingerprint density at radius 1 is 1.31 bits per heavy atom. The number of anilines is 1. The number of hydrogen-bond donors (Lipinski definition) is 3. The molecule has 0 radical (unpaired) electrons. The molecule has 0 amide bonds. The highest BCUT2D eigenvalue weighted by atomic mass is 31.2. The van der Waals surface area contributed by atoms with E-state index in [-0.39, 0.29) is 24.1 Å². The lowest BCUT2D eigenvalue weighted by atomic mass is 9.91. The molecule has 1 aliphatic heterocycles. The second-order valence-electron chi connectivity index (χ2n) is 10.1. The van der Waals surface area contributed by atoms with E-state index < -0.39 is 49.3 Å². The van der Waals surface area contributed by atoms with Crippen molar-refractivity contribution in [1.82, 2.24) is 19.7 Å². The summed E-state index contributed by atoms with van der Waals surface area (Å²) >= 11 is 0. The van der Waals surface area contributed by atoms with Gasteiger partial charge < -0.3 is 24.8 Å². The van der Waals surface area contributed by atoms with E-state index in [4.69, 9.17) is 24.3 Å². The van der Waals surface area contributed by atoms with E-state index in [0.29, 0.717) is 11.2 Å². The molecule has 3 aromatic rings. The third kappa shape index (κ3) is 4.57. The highest BCUT2D eigenvalue weighted by molar-refractivity contribution is 7.52. The van der Waals surface area contributed by atoms with Gasteiger partial charge in [0, 0.05) is 0 Å². The van der Waals surface area contributed by atoms with Gasteiger partial charge in [0.25, 0.3) is 0 Å². The number of ether oxygens (including phenoxy) is 2. The third-order valence-corrected chi connectivity index (χ3v) is 8.65. The van der Waals surface area contributed by atoms with Crippen LogP contribution < -0.4 is 15.3 Å². The molecule has 1 aliphatic carbocycles. The minimum Gasteiger partial charge on any atom is -0.465 e. The predicted molar refractivity (Wildman–Crippen MR) is 137 cm³/mol. The number of nitrogens with one attached hydrogen (secondary N) is 1. The number of alkyl halides is 1. The van der Waals surface area contributed by atoms with Crippen molar-refractivity contribution in [3.63, 3.8) is 0 Å². The number of aromatic nitrogens is 3. The summed E-state index contributed by atoms with van der Waals surface area (Å²) in [4.78, 5) is 16.5. The van der Waals surface area contributed by atoms with Crippen molar-refractivity contribution < 1.29 is 37.4 Å². The highest BCUT2D eigenvalue weighted by Gasteiger charge is 2.85. The van der Waals surface area contributed by atoms with Crippen LogP contribution in [0.2, 0.25) is 0 Å². The van der Waals surface area contributed by atoms with Crippen LogP contribution >= 0.6 is 7.75 Å². The van der Waals surface area contributed by atoms with Crippen molar-refractivity contribution in [1.29, 1.82) is 0 Å². The van der Waals surface area contributed by atoms with E-state index in [1.54, 1.807) is 63.2 Å². The molecule has 7 atom stereocenters. The van der Waals surface area contributed by atoms with Gasteiger partial charge in [-0.15, -0.1) is 0 Å². The number of aliphatic hydroxyl groups is 1. The summed E-state index contributed by atoms with van der Waals surface area (Å²) in [7, 11) is -4.40. The fourth-order valence-electron chi connectivity index (χ4n) is 4.91. The number of rotatable bonds is 10. The molecule has 2 fully saturated rings. The molecule has 1 saturated heterocycles. The first kappa shape index (κ1) is 27.5. The zero-order valence-electron chi connectivity index (χ0n) is 21.9. The lowest BCUT2D eigenvalue weighted by Crippen LogP contribution is -2.45. The highest BCUT2D eigenvalue weighted by Crippen LogP contribution is 2.67. The second-order valence-corrected chi connectivity index (χ2v) is 11.7. The third-order valence-electron chi connectivity index (χ3n) is 7.10. The average molecular weight is 564 g/mol. The van der Waals surface area contributed by atoms with Crippen molar-refractivity contribution >= 4 is 25.1 Å². The first-order valence-electron chi connectivity index (χ1n) is 12.5. The lowest BCUT2D eigenvalue weighted by Gasteiger charge is -2.31. The Kier molecular flexibility index (Phi) is 6.92. The second kappa shape index (κ2) is 9.83. The Hall–Kier alpha value is -3.09. The Balaban J connectivity index is 1.42. The minimum atomic E-state index is -4.40. The van der Waals surface area contributed by atoms with Crippen LogP contribution in [0.3, 0.4) is 0 Å².